The number of benzene rings is 2. The number of aromatic nitrogens is 1. The van der Waals surface area contributed by atoms with Gasteiger partial charge >= 0.3 is 0 Å². The largest absolute Gasteiger partial charge is 0.498 e. The first-order chi connectivity index (χ1) is 21.5. The molecule has 2 atom stereocenters. The topological polar surface area (TPSA) is 22.3 Å². The molecule has 1 aliphatic rings. The molecule has 45 heavy (non-hydrogen) atoms. The number of fused-ring (bicyclic) bond motifs is 5. The average molecular weight is 615 g/mol. The molecule has 1 aromatic heterocycles. The molecule has 0 amide bonds. The Kier molecular flexibility index (Phi) is 11.9. The highest BCUT2D eigenvalue weighted by molar-refractivity contribution is 5.79. The van der Waals surface area contributed by atoms with E-state index >= 15 is 0 Å². The van der Waals surface area contributed by atoms with E-state index in [1.165, 1.54) is 46.3 Å². The van der Waals surface area contributed by atoms with Gasteiger partial charge in [-0.15, -0.1) is 0 Å². The summed E-state index contributed by atoms with van der Waals surface area (Å²) in [6.45, 7) is 18.0. The molecule has 4 rings (SSSR count). The van der Waals surface area contributed by atoms with Crippen LogP contribution in [0.2, 0.25) is 0 Å². The quantitative estimate of drug-likeness (QED) is 0.0910. The Labute approximate surface area is 275 Å². The molecule has 1 aliphatic heterocycles. The highest BCUT2D eigenvalue weighted by atomic mass is 16.5. The minimum atomic E-state index is -0.0463. The van der Waals surface area contributed by atoms with E-state index in [1.54, 1.807) is 0 Å². The summed E-state index contributed by atoms with van der Waals surface area (Å²) in [6, 6.07) is 21.0. The van der Waals surface area contributed by atoms with Crippen LogP contribution in [0.4, 0.5) is 5.69 Å². The number of para-hydroxylation sites is 1. The van der Waals surface area contributed by atoms with Crippen LogP contribution < -0.4 is 9.05 Å². The van der Waals surface area contributed by atoms with Crippen LogP contribution in [-0.2, 0) is 15.0 Å². The van der Waals surface area contributed by atoms with Crippen molar-refractivity contribution in [2.45, 2.75) is 111 Å². The Hall–Kier alpha value is -2.69. The van der Waals surface area contributed by atoms with Gasteiger partial charge in [0.2, 0.25) is 11.2 Å². The number of quaternary nitrogens is 1. The normalized spacial score (nSPS) is 17.1. The third-order valence-corrected chi connectivity index (χ3v) is 10.3. The standard InChI is InChI=1S/C41H62N2O2/c1-11-14-24-43(8,9)33-20-21-36-37(28-33)40-22-19-32-17-15-16-18-39(32)42(40)41(12-2,13-3)38(36)23-25-45-35(27-31(6)7)29-34(44-10)26-30(4)5/h15-22,28-31,34,38H,11-14,23-27H2,1-10H3/q+2. The molecule has 2 aromatic carbocycles. The number of hydrogen-bond donors (Lipinski definition) is 0. The molecular weight excluding hydrogens is 552 g/mol. The molecule has 0 N–H and O–H groups in total. The smallest absolute Gasteiger partial charge is 0.214 e. The lowest BCUT2D eigenvalue weighted by atomic mass is 9.69. The van der Waals surface area contributed by atoms with E-state index in [0.717, 1.165) is 48.9 Å². The second-order valence-corrected chi connectivity index (χ2v) is 14.8. The van der Waals surface area contributed by atoms with Gasteiger partial charge in [0.15, 0.2) is 5.54 Å². The highest BCUT2D eigenvalue weighted by Crippen LogP contribution is 2.49. The van der Waals surface area contributed by atoms with Crippen LogP contribution in [0, 0.1) is 11.8 Å². The van der Waals surface area contributed by atoms with Crippen molar-refractivity contribution in [1.82, 2.24) is 4.48 Å². The maximum absolute atomic E-state index is 6.73. The summed E-state index contributed by atoms with van der Waals surface area (Å²) in [4.78, 5) is 0. The minimum Gasteiger partial charge on any atom is -0.498 e. The Morgan fingerprint density at radius 3 is 2.33 bits per heavy atom. The predicted molar refractivity (Wildman–Crippen MR) is 193 cm³/mol. The monoisotopic (exact) mass is 614 g/mol. The number of rotatable bonds is 16. The molecule has 0 fully saturated rings. The molecule has 4 nitrogen and oxygen atoms in total. The van der Waals surface area contributed by atoms with E-state index in [1.807, 2.05) is 7.11 Å². The minimum absolute atomic E-state index is 0.0463. The molecule has 0 bridgehead atoms. The summed E-state index contributed by atoms with van der Waals surface area (Å²) in [5, 5.41) is 1.30. The Balaban J connectivity index is 1.81. The fraction of sp³-hybridized carbons (Fsp3) is 0.585. The van der Waals surface area contributed by atoms with Gasteiger partial charge < -0.3 is 9.47 Å². The maximum atomic E-state index is 6.73. The second-order valence-electron chi connectivity index (χ2n) is 14.8. The number of unbranched alkanes of at least 4 members (excludes halogenated alkanes) is 1. The molecule has 0 spiro atoms. The van der Waals surface area contributed by atoms with Crippen LogP contribution in [0.5, 0.6) is 0 Å². The van der Waals surface area contributed by atoms with Crippen molar-refractivity contribution in [3.63, 3.8) is 0 Å². The molecule has 2 heterocycles. The van der Waals surface area contributed by atoms with Gasteiger partial charge in [-0.05, 0) is 60.9 Å². The Morgan fingerprint density at radius 2 is 1.69 bits per heavy atom. The summed E-state index contributed by atoms with van der Waals surface area (Å²) >= 11 is 0. The molecule has 0 saturated heterocycles. The molecule has 0 saturated carbocycles. The average Bonchev–Trinajstić information content (AvgIpc) is 3.02. The summed E-state index contributed by atoms with van der Waals surface area (Å²) in [5.74, 6) is 2.51. The third kappa shape index (κ3) is 7.66. The van der Waals surface area contributed by atoms with E-state index in [9.17, 15) is 0 Å². The van der Waals surface area contributed by atoms with Crippen LogP contribution in [-0.4, -0.2) is 40.5 Å². The van der Waals surface area contributed by atoms with Crippen molar-refractivity contribution in [3.05, 3.63) is 72.0 Å². The predicted octanol–water partition coefficient (Wildman–Crippen LogP) is 10.2. The SMILES string of the molecule is CCCC[N+](C)(C)c1ccc2c(c1)-c1ccc3ccccc3[n+]1C(CC)(CC)C2CCOC(=CC(CC(C)C)OC)CC(C)C. The highest BCUT2D eigenvalue weighted by Gasteiger charge is 2.52. The van der Waals surface area contributed by atoms with Gasteiger partial charge in [0.05, 0.1) is 50.6 Å². The van der Waals surface area contributed by atoms with E-state index in [2.05, 4.69) is 128 Å². The van der Waals surface area contributed by atoms with Crippen molar-refractivity contribution in [1.29, 1.82) is 0 Å². The first-order valence-corrected chi connectivity index (χ1v) is 17.8. The van der Waals surface area contributed by atoms with Crippen LogP contribution >= 0.6 is 0 Å². The molecular formula is C41H62N2O2+2. The van der Waals surface area contributed by atoms with Crippen molar-refractivity contribution >= 4 is 16.6 Å². The lowest BCUT2D eigenvalue weighted by molar-refractivity contribution is -0.740. The van der Waals surface area contributed by atoms with Crippen LogP contribution in [0.15, 0.2) is 66.4 Å². The molecule has 2 unspecified atom stereocenters. The summed E-state index contributed by atoms with van der Waals surface area (Å²) in [7, 11) is 6.54. The van der Waals surface area contributed by atoms with Crippen molar-refractivity contribution < 1.29 is 14.0 Å². The molecule has 3 aromatic rings. The lowest BCUT2D eigenvalue weighted by Crippen LogP contribution is -2.62. The Morgan fingerprint density at radius 1 is 0.956 bits per heavy atom. The van der Waals surface area contributed by atoms with Gasteiger partial charge in [-0.25, -0.2) is 0 Å². The van der Waals surface area contributed by atoms with Crippen LogP contribution in [0.3, 0.4) is 0 Å². The maximum Gasteiger partial charge on any atom is 0.214 e. The Bertz CT molecular complexity index is 1430. The first kappa shape index (κ1) is 35.2. The van der Waals surface area contributed by atoms with Crippen molar-refractivity contribution in [2.24, 2.45) is 11.8 Å². The number of pyridine rings is 1. The van der Waals surface area contributed by atoms with E-state index < -0.39 is 0 Å². The van der Waals surface area contributed by atoms with E-state index in [4.69, 9.17) is 9.47 Å². The fourth-order valence-electron chi connectivity index (χ4n) is 7.74. The summed E-state index contributed by atoms with van der Waals surface area (Å²) in [5.41, 5.74) is 6.88. The van der Waals surface area contributed by atoms with E-state index in [-0.39, 0.29) is 11.6 Å². The van der Waals surface area contributed by atoms with Gasteiger partial charge in [-0.1, -0.05) is 73.1 Å². The lowest BCUT2D eigenvalue weighted by Gasteiger charge is -2.41. The van der Waals surface area contributed by atoms with Gasteiger partial charge in [-0.2, -0.15) is 4.57 Å². The van der Waals surface area contributed by atoms with Gasteiger partial charge in [0.25, 0.3) is 0 Å². The second kappa shape index (κ2) is 15.3. The number of hydrogen-bond acceptors (Lipinski definition) is 2. The first-order valence-electron chi connectivity index (χ1n) is 17.8. The number of methoxy groups -OCH3 is 1. The number of ether oxygens (including phenoxy) is 2. The molecule has 4 heteroatoms. The number of allylic oxidation sites excluding steroid dienone is 1. The summed E-state index contributed by atoms with van der Waals surface area (Å²) < 4.78 is 16.2. The van der Waals surface area contributed by atoms with Crippen LogP contribution in [0.25, 0.3) is 22.2 Å². The third-order valence-electron chi connectivity index (χ3n) is 10.3. The molecule has 246 valence electrons. The zero-order valence-corrected chi connectivity index (χ0v) is 30.2. The summed E-state index contributed by atoms with van der Waals surface area (Å²) in [6.07, 6.45) is 9.80. The fourth-order valence-corrected chi connectivity index (χ4v) is 7.74. The number of nitrogens with zero attached hydrogens (tertiary/aromatic N) is 2. The zero-order chi connectivity index (χ0) is 32.8. The van der Waals surface area contributed by atoms with Crippen molar-refractivity contribution in [3.8, 4) is 11.3 Å². The van der Waals surface area contributed by atoms with Gasteiger partial charge in [0, 0.05) is 50.0 Å². The molecule has 0 radical (unpaired) electrons. The van der Waals surface area contributed by atoms with E-state index in [0.29, 0.717) is 24.4 Å². The van der Waals surface area contributed by atoms with Gasteiger partial charge in [0.1, 0.15) is 5.69 Å². The van der Waals surface area contributed by atoms with Crippen LogP contribution in [0.1, 0.15) is 105 Å². The molecule has 0 aliphatic carbocycles. The van der Waals surface area contributed by atoms with Gasteiger partial charge in [-0.3, -0.25) is 4.48 Å². The zero-order valence-electron chi connectivity index (χ0n) is 30.2. The van der Waals surface area contributed by atoms with Crippen molar-refractivity contribution in [2.75, 3.05) is 34.4 Å².